The lowest BCUT2D eigenvalue weighted by Crippen LogP contribution is -2.24. The Morgan fingerprint density at radius 2 is 1.75 bits per heavy atom. The molecular formula is C6H16ClN. The second kappa shape index (κ2) is 5.39. The van der Waals surface area contributed by atoms with E-state index in [-0.39, 0.29) is 12.4 Å². The highest BCUT2D eigenvalue weighted by Crippen LogP contribution is 1.99. The number of nitrogens with two attached hydrogens (primary N) is 1. The Hall–Kier alpha value is 0.250. The summed E-state index contributed by atoms with van der Waals surface area (Å²) in [4.78, 5) is 0. The molecule has 0 saturated heterocycles. The van der Waals surface area contributed by atoms with Gasteiger partial charge in [-0.15, -0.1) is 12.4 Å². The Labute approximate surface area is 58.1 Å². The summed E-state index contributed by atoms with van der Waals surface area (Å²) in [6.07, 6.45) is 1.09. The minimum atomic E-state index is 0. The van der Waals surface area contributed by atoms with Gasteiger partial charge in [0.1, 0.15) is 0 Å². The first-order valence-electron chi connectivity index (χ1n) is 2.94. The van der Waals surface area contributed by atoms with Gasteiger partial charge in [0.15, 0.2) is 0 Å². The standard InChI is InChI=1S/C6H15N.ClH/c1-4-6(7)5(2)3;/h5-6H,4,7H2,1-3H3;1H/t6-;/m0./s1. The van der Waals surface area contributed by atoms with Crippen LogP contribution >= 0.6 is 12.4 Å². The maximum Gasteiger partial charge on any atom is 0.00592 e. The molecule has 0 aromatic heterocycles. The molecule has 8 heavy (non-hydrogen) atoms. The molecule has 0 unspecified atom stereocenters. The van der Waals surface area contributed by atoms with Gasteiger partial charge in [0.2, 0.25) is 0 Å². The summed E-state index contributed by atoms with van der Waals surface area (Å²) in [5.41, 5.74) is 5.62. The molecule has 0 rings (SSSR count). The van der Waals surface area contributed by atoms with E-state index in [0.29, 0.717) is 12.0 Å². The fraction of sp³-hybridized carbons (Fsp3) is 1.00. The third kappa shape index (κ3) is 4.41. The average Bonchev–Trinajstić information content (AvgIpc) is 1.65. The maximum absolute atomic E-state index is 5.62. The molecule has 0 saturated carbocycles. The van der Waals surface area contributed by atoms with E-state index in [2.05, 4.69) is 20.8 Å². The topological polar surface area (TPSA) is 26.0 Å². The lowest BCUT2D eigenvalue weighted by atomic mass is 10.0. The second-order valence-corrected chi connectivity index (χ2v) is 2.32. The van der Waals surface area contributed by atoms with Gasteiger partial charge in [0.05, 0.1) is 0 Å². The average molecular weight is 138 g/mol. The van der Waals surface area contributed by atoms with Crippen LogP contribution in [0.5, 0.6) is 0 Å². The van der Waals surface area contributed by atoms with E-state index in [1.165, 1.54) is 0 Å². The van der Waals surface area contributed by atoms with Crippen molar-refractivity contribution in [2.24, 2.45) is 11.7 Å². The molecule has 0 heterocycles. The van der Waals surface area contributed by atoms with Crippen molar-refractivity contribution in [1.82, 2.24) is 0 Å². The van der Waals surface area contributed by atoms with Crippen LogP contribution in [-0.2, 0) is 0 Å². The first-order chi connectivity index (χ1) is 3.18. The molecule has 1 nitrogen and oxygen atoms in total. The highest BCUT2D eigenvalue weighted by Gasteiger charge is 2.01. The molecule has 52 valence electrons. The van der Waals surface area contributed by atoms with Crippen molar-refractivity contribution in [3.63, 3.8) is 0 Å². The summed E-state index contributed by atoms with van der Waals surface area (Å²) >= 11 is 0. The number of halogens is 1. The Morgan fingerprint density at radius 1 is 1.38 bits per heavy atom. The maximum atomic E-state index is 5.62. The molecule has 0 aromatic rings. The SMILES string of the molecule is CC[C@H](N)C(C)C.Cl. The molecule has 0 fully saturated rings. The minimum absolute atomic E-state index is 0. The zero-order valence-corrected chi connectivity index (χ0v) is 6.66. The summed E-state index contributed by atoms with van der Waals surface area (Å²) in [7, 11) is 0. The van der Waals surface area contributed by atoms with Crippen LogP contribution in [0.15, 0.2) is 0 Å². The molecule has 0 aliphatic rings. The molecule has 0 aliphatic carbocycles. The summed E-state index contributed by atoms with van der Waals surface area (Å²) in [5, 5.41) is 0. The minimum Gasteiger partial charge on any atom is -0.327 e. The number of rotatable bonds is 2. The van der Waals surface area contributed by atoms with Crippen LogP contribution in [0.3, 0.4) is 0 Å². The van der Waals surface area contributed by atoms with Gasteiger partial charge in [-0.2, -0.15) is 0 Å². The molecule has 0 amide bonds. The monoisotopic (exact) mass is 137 g/mol. The van der Waals surface area contributed by atoms with E-state index < -0.39 is 0 Å². The predicted molar refractivity (Wildman–Crippen MR) is 40.4 cm³/mol. The smallest absolute Gasteiger partial charge is 0.00592 e. The molecule has 0 spiro atoms. The van der Waals surface area contributed by atoms with Crippen LogP contribution in [0.1, 0.15) is 27.2 Å². The summed E-state index contributed by atoms with van der Waals surface area (Å²) < 4.78 is 0. The van der Waals surface area contributed by atoms with Gasteiger partial charge in [-0.1, -0.05) is 20.8 Å². The molecule has 2 N–H and O–H groups in total. The van der Waals surface area contributed by atoms with Crippen LogP contribution in [0, 0.1) is 5.92 Å². The van der Waals surface area contributed by atoms with Crippen molar-refractivity contribution in [2.75, 3.05) is 0 Å². The molecular weight excluding hydrogens is 122 g/mol. The van der Waals surface area contributed by atoms with Crippen LogP contribution in [0.25, 0.3) is 0 Å². The van der Waals surface area contributed by atoms with Crippen molar-refractivity contribution in [3.8, 4) is 0 Å². The van der Waals surface area contributed by atoms with E-state index in [4.69, 9.17) is 5.73 Å². The first-order valence-corrected chi connectivity index (χ1v) is 2.94. The predicted octanol–water partition coefficient (Wildman–Crippen LogP) is 1.80. The van der Waals surface area contributed by atoms with Crippen molar-refractivity contribution in [2.45, 2.75) is 33.2 Å². The zero-order chi connectivity index (χ0) is 5.86. The van der Waals surface area contributed by atoms with E-state index in [1.54, 1.807) is 0 Å². The normalized spacial score (nSPS) is 13.1. The van der Waals surface area contributed by atoms with Gasteiger partial charge in [-0.25, -0.2) is 0 Å². The molecule has 0 bridgehead atoms. The van der Waals surface area contributed by atoms with E-state index in [9.17, 15) is 0 Å². The van der Waals surface area contributed by atoms with Crippen molar-refractivity contribution >= 4 is 12.4 Å². The Morgan fingerprint density at radius 3 is 1.75 bits per heavy atom. The lowest BCUT2D eigenvalue weighted by molar-refractivity contribution is 0.481. The van der Waals surface area contributed by atoms with Gasteiger partial charge >= 0.3 is 0 Å². The Kier molecular flexibility index (Phi) is 7.48. The molecule has 0 aromatic carbocycles. The Balaban J connectivity index is 0. The van der Waals surface area contributed by atoms with Crippen molar-refractivity contribution in [3.05, 3.63) is 0 Å². The quantitative estimate of drug-likeness (QED) is 0.617. The van der Waals surface area contributed by atoms with Gasteiger partial charge in [-0.3, -0.25) is 0 Å². The highest BCUT2D eigenvalue weighted by molar-refractivity contribution is 5.85. The fourth-order valence-corrected chi connectivity index (χ4v) is 0.471. The third-order valence-corrected chi connectivity index (χ3v) is 1.33. The van der Waals surface area contributed by atoms with E-state index in [1.807, 2.05) is 0 Å². The molecule has 1 atom stereocenters. The van der Waals surface area contributed by atoms with Crippen molar-refractivity contribution in [1.29, 1.82) is 0 Å². The first kappa shape index (κ1) is 11.1. The second-order valence-electron chi connectivity index (χ2n) is 2.32. The molecule has 0 aliphatic heterocycles. The van der Waals surface area contributed by atoms with Crippen molar-refractivity contribution < 1.29 is 0 Å². The van der Waals surface area contributed by atoms with Crippen LogP contribution in [0.2, 0.25) is 0 Å². The molecule has 0 radical (unpaired) electrons. The number of hydrogen-bond donors (Lipinski definition) is 1. The fourth-order valence-electron chi connectivity index (χ4n) is 0.471. The van der Waals surface area contributed by atoms with Gasteiger partial charge in [0, 0.05) is 6.04 Å². The van der Waals surface area contributed by atoms with E-state index >= 15 is 0 Å². The third-order valence-electron chi connectivity index (χ3n) is 1.33. The van der Waals surface area contributed by atoms with Crippen LogP contribution in [0.4, 0.5) is 0 Å². The summed E-state index contributed by atoms with van der Waals surface area (Å²) in [6, 6.07) is 0.403. The Bertz CT molecular complexity index is 45.8. The highest BCUT2D eigenvalue weighted by atomic mass is 35.5. The zero-order valence-electron chi connectivity index (χ0n) is 5.85. The van der Waals surface area contributed by atoms with Gasteiger partial charge in [0.25, 0.3) is 0 Å². The lowest BCUT2D eigenvalue weighted by Gasteiger charge is -2.10. The van der Waals surface area contributed by atoms with Gasteiger partial charge in [-0.05, 0) is 12.3 Å². The summed E-state index contributed by atoms with van der Waals surface area (Å²) in [5.74, 6) is 0.644. The largest absolute Gasteiger partial charge is 0.327 e. The van der Waals surface area contributed by atoms with Crippen LogP contribution < -0.4 is 5.73 Å². The van der Waals surface area contributed by atoms with Gasteiger partial charge < -0.3 is 5.73 Å². The van der Waals surface area contributed by atoms with Crippen LogP contribution in [-0.4, -0.2) is 6.04 Å². The number of hydrogen-bond acceptors (Lipinski definition) is 1. The van der Waals surface area contributed by atoms with E-state index in [0.717, 1.165) is 6.42 Å². The molecule has 2 heteroatoms. The summed E-state index contributed by atoms with van der Waals surface area (Å²) in [6.45, 7) is 6.41.